The maximum absolute atomic E-state index is 12.5. The molecule has 6 heteroatoms. The zero-order valence-electron chi connectivity index (χ0n) is 11.9. The standard InChI is InChI=1S/C14H17ClN2OS2/c1-8(2)16-14-17(9(3)4)13(18)11(20-14)7-10-5-6-12(15)19-10/h5-9H,1-4H3/b11-7+,16-14?. The number of carbonyl (C=O) groups excluding carboxylic acids is 1. The van der Waals surface area contributed by atoms with Gasteiger partial charge in [0.15, 0.2) is 5.17 Å². The van der Waals surface area contributed by atoms with E-state index in [1.165, 1.54) is 23.1 Å². The van der Waals surface area contributed by atoms with Gasteiger partial charge in [0.05, 0.1) is 9.24 Å². The van der Waals surface area contributed by atoms with Crippen LogP contribution in [0.1, 0.15) is 32.6 Å². The molecule has 1 aromatic heterocycles. The number of halogens is 1. The lowest BCUT2D eigenvalue weighted by molar-refractivity contribution is -0.123. The molecular weight excluding hydrogens is 312 g/mol. The molecule has 1 fully saturated rings. The van der Waals surface area contributed by atoms with Crippen molar-refractivity contribution in [1.29, 1.82) is 0 Å². The van der Waals surface area contributed by atoms with Crippen molar-refractivity contribution in [2.45, 2.75) is 39.8 Å². The number of thiophene rings is 1. The maximum atomic E-state index is 12.5. The number of amidine groups is 1. The Morgan fingerprint density at radius 1 is 1.30 bits per heavy atom. The van der Waals surface area contributed by atoms with E-state index < -0.39 is 0 Å². The van der Waals surface area contributed by atoms with Crippen molar-refractivity contribution in [3.63, 3.8) is 0 Å². The number of hydrogen-bond donors (Lipinski definition) is 0. The van der Waals surface area contributed by atoms with Crippen molar-refractivity contribution in [1.82, 2.24) is 4.90 Å². The number of rotatable bonds is 3. The molecule has 20 heavy (non-hydrogen) atoms. The van der Waals surface area contributed by atoms with Crippen molar-refractivity contribution in [2.75, 3.05) is 0 Å². The molecular formula is C14H17ClN2OS2. The van der Waals surface area contributed by atoms with Gasteiger partial charge < -0.3 is 0 Å². The lowest BCUT2D eigenvalue weighted by atomic mass is 10.3. The smallest absolute Gasteiger partial charge is 0.267 e. The van der Waals surface area contributed by atoms with E-state index >= 15 is 0 Å². The summed E-state index contributed by atoms with van der Waals surface area (Å²) in [6, 6.07) is 4.03. The third-order valence-corrected chi connectivity index (χ3v) is 4.76. The SMILES string of the molecule is CC(C)N=C1S/C(=C/c2ccc(Cl)s2)C(=O)N1C(C)C. The Morgan fingerprint density at radius 2 is 2.00 bits per heavy atom. The van der Waals surface area contributed by atoms with Crippen molar-refractivity contribution < 1.29 is 4.79 Å². The molecule has 0 radical (unpaired) electrons. The third-order valence-electron chi connectivity index (χ3n) is 2.59. The fourth-order valence-electron chi connectivity index (χ4n) is 1.79. The number of amides is 1. The van der Waals surface area contributed by atoms with Crippen LogP contribution in [0.2, 0.25) is 4.34 Å². The van der Waals surface area contributed by atoms with Crippen LogP contribution < -0.4 is 0 Å². The van der Waals surface area contributed by atoms with Crippen LogP contribution >= 0.6 is 34.7 Å². The molecule has 3 nitrogen and oxygen atoms in total. The van der Waals surface area contributed by atoms with Crippen LogP contribution in [-0.2, 0) is 4.79 Å². The number of carbonyl (C=O) groups is 1. The van der Waals surface area contributed by atoms with Crippen LogP contribution in [0.5, 0.6) is 0 Å². The largest absolute Gasteiger partial charge is 0.284 e. The average Bonchev–Trinajstić information content (AvgIpc) is 2.84. The van der Waals surface area contributed by atoms with Gasteiger partial charge in [-0.25, -0.2) is 0 Å². The molecule has 2 heterocycles. The second-order valence-electron chi connectivity index (χ2n) is 5.03. The highest BCUT2D eigenvalue weighted by molar-refractivity contribution is 8.18. The van der Waals surface area contributed by atoms with E-state index in [0.29, 0.717) is 4.91 Å². The number of nitrogens with zero attached hydrogens (tertiary/aromatic N) is 2. The van der Waals surface area contributed by atoms with Gasteiger partial charge in [-0.2, -0.15) is 0 Å². The van der Waals surface area contributed by atoms with E-state index in [9.17, 15) is 4.79 Å². The second kappa shape index (κ2) is 6.33. The molecule has 0 bridgehead atoms. The van der Waals surface area contributed by atoms with Crippen LogP contribution in [-0.4, -0.2) is 28.1 Å². The zero-order valence-corrected chi connectivity index (χ0v) is 14.3. The van der Waals surface area contributed by atoms with Crippen molar-refractivity contribution in [2.24, 2.45) is 4.99 Å². The van der Waals surface area contributed by atoms with Gasteiger partial charge in [0, 0.05) is 17.0 Å². The molecule has 1 aliphatic rings. The van der Waals surface area contributed by atoms with E-state index in [0.717, 1.165) is 14.4 Å². The summed E-state index contributed by atoms with van der Waals surface area (Å²) in [7, 11) is 0. The lowest BCUT2D eigenvalue weighted by Crippen LogP contribution is -2.35. The van der Waals surface area contributed by atoms with Gasteiger partial charge >= 0.3 is 0 Å². The first-order chi connectivity index (χ1) is 9.38. The Labute approximate surface area is 132 Å². The van der Waals surface area contributed by atoms with Gasteiger partial charge in [-0.15, -0.1) is 11.3 Å². The Balaban J connectivity index is 2.34. The summed E-state index contributed by atoms with van der Waals surface area (Å²) in [5, 5.41) is 0.786. The fraction of sp³-hybridized carbons (Fsp3) is 0.429. The molecule has 1 amide bonds. The van der Waals surface area contributed by atoms with Crippen molar-refractivity contribution >= 4 is 51.9 Å². The van der Waals surface area contributed by atoms with Crippen LogP contribution in [0, 0.1) is 0 Å². The Bertz CT molecular complexity index is 575. The van der Waals surface area contributed by atoms with E-state index in [1.807, 2.05) is 45.9 Å². The summed E-state index contributed by atoms with van der Waals surface area (Å²) in [5.74, 6) is 0.0222. The van der Waals surface area contributed by atoms with Crippen LogP contribution in [0.4, 0.5) is 0 Å². The third kappa shape index (κ3) is 3.45. The molecule has 1 saturated heterocycles. The van der Waals surface area contributed by atoms with Gasteiger partial charge in [-0.05, 0) is 57.7 Å². The minimum Gasteiger partial charge on any atom is -0.284 e. The van der Waals surface area contributed by atoms with Crippen LogP contribution in [0.3, 0.4) is 0 Å². The minimum atomic E-state index is 0.0222. The molecule has 1 aliphatic heterocycles. The summed E-state index contributed by atoms with van der Waals surface area (Å²) in [4.78, 5) is 20.5. The minimum absolute atomic E-state index is 0.0222. The molecule has 0 N–H and O–H groups in total. The van der Waals surface area contributed by atoms with E-state index in [4.69, 9.17) is 11.6 Å². The Kier molecular flexibility index (Phi) is 4.94. The van der Waals surface area contributed by atoms with Gasteiger partial charge in [-0.3, -0.25) is 14.7 Å². The zero-order chi connectivity index (χ0) is 14.9. The van der Waals surface area contributed by atoms with E-state index in [1.54, 1.807) is 4.90 Å². The first-order valence-corrected chi connectivity index (χ1v) is 8.46. The Morgan fingerprint density at radius 3 is 2.50 bits per heavy atom. The first-order valence-electron chi connectivity index (χ1n) is 6.44. The van der Waals surface area contributed by atoms with Gasteiger partial charge in [0.1, 0.15) is 0 Å². The highest BCUT2D eigenvalue weighted by Gasteiger charge is 2.35. The summed E-state index contributed by atoms with van der Waals surface area (Å²) in [5.41, 5.74) is 0. The van der Waals surface area contributed by atoms with Crippen LogP contribution in [0.25, 0.3) is 6.08 Å². The number of aliphatic imine (C=N–C) groups is 1. The highest BCUT2D eigenvalue weighted by atomic mass is 35.5. The normalized spacial score (nSPS) is 20.1. The van der Waals surface area contributed by atoms with Crippen molar-refractivity contribution in [3.8, 4) is 0 Å². The van der Waals surface area contributed by atoms with Gasteiger partial charge in [0.25, 0.3) is 5.91 Å². The van der Waals surface area contributed by atoms with E-state index in [2.05, 4.69) is 4.99 Å². The quantitative estimate of drug-likeness (QED) is 0.766. The summed E-state index contributed by atoms with van der Waals surface area (Å²) in [6.07, 6.45) is 1.89. The predicted octanol–water partition coefficient (Wildman–Crippen LogP) is 4.49. The second-order valence-corrected chi connectivity index (χ2v) is 7.78. The molecule has 1 aromatic rings. The first kappa shape index (κ1) is 15.6. The van der Waals surface area contributed by atoms with Gasteiger partial charge in [-0.1, -0.05) is 11.6 Å². The Hall–Kier alpha value is -0.780. The van der Waals surface area contributed by atoms with Crippen molar-refractivity contribution in [3.05, 3.63) is 26.3 Å². The molecule has 0 unspecified atom stereocenters. The van der Waals surface area contributed by atoms with E-state index in [-0.39, 0.29) is 18.0 Å². The molecule has 0 atom stereocenters. The number of thioether (sulfide) groups is 1. The molecule has 0 aromatic carbocycles. The monoisotopic (exact) mass is 328 g/mol. The molecule has 108 valence electrons. The average molecular weight is 329 g/mol. The molecule has 0 spiro atoms. The highest BCUT2D eigenvalue weighted by Crippen LogP contribution is 2.35. The molecule has 0 saturated carbocycles. The predicted molar refractivity (Wildman–Crippen MR) is 89.5 cm³/mol. The fourth-order valence-corrected chi connectivity index (χ4v) is 4.09. The molecule has 0 aliphatic carbocycles. The maximum Gasteiger partial charge on any atom is 0.267 e. The summed E-state index contributed by atoms with van der Waals surface area (Å²) < 4.78 is 0.726. The van der Waals surface area contributed by atoms with Gasteiger partial charge in [0.2, 0.25) is 0 Å². The molecule has 2 rings (SSSR count). The lowest BCUT2D eigenvalue weighted by Gasteiger charge is -2.20. The topological polar surface area (TPSA) is 32.7 Å². The summed E-state index contributed by atoms with van der Waals surface area (Å²) >= 11 is 8.83. The summed E-state index contributed by atoms with van der Waals surface area (Å²) in [6.45, 7) is 8.02. The number of hydrogen-bond acceptors (Lipinski definition) is 4. The van der Waals surface area contributed by atoms with Crippen LogP contribution in [0.15, 0.2) is 22.0 Å².